The van der Waals surface area contributed by atoms with Gasteiger partial charge in [0.15, 0.2) is 5.79 Å². The molecule has 3 aliphatic rings. The highest BCUT2D eigenvalue weighted by Gasteiger charge is 2.58. The molecule has 0 aromatic carbocycles. The zero-order valence-corrected chi connectivity index (χ0v) is 16.2. The molecule has 0 aromatic heterocycles. The molecule has 2 saturated heterocycles. The molecule has 0 unspecified atom stereocenters. The van der Waals surface area contributed by atoms with Crippen molar-refractivity contribution in [1.82, 2.24) is 0 Å². The number of carbonyl (C=O) groups excluding carboxylic acids is 2. The molecule has 154 valence electrons. The lowest BCUT2D eigenvalue weighted by atomic mass is 9.80. The first-order valence-electron chi connectivity index (χ1n) is 9.21. The van der Waals surface area contributed by atoms with Crippen LogP contribution in [0.1, 0.15) is 33.6 Å². The fourth-order valence-electron chi connectivity index (χ4n) is 4.02. The molecule has 3 N–H and O–H groups in total. The zero-order chi connectivity index (χ0) is 20.9. The minimum absolute atomic E-state index is 0.00257. The van der Waals surface area contributed by atoms with Gasteiger partial charge < -0.3 is 29.5 Å². The summed E-state index contributed by atoms with van der Waals surface area (Å²) in [5.74, 6) is -3.87. The first kappa shape index (κ1) is 20.7. The maximum Gasteiger partial charge on any atom is 0.334 e. The second-order valence-corrected chi connectivity index (χ2v) is 7.81. The lowest BCUT2D eigenvalue weighted by molar-refractivity contribution is -0.211. The monoisotopic (exact) mass is 394 g/mol. The van der Waals surface area contributed by atoms with Crippen LogP contribution in [-0.2, 0) is 23.8 Å². The Kier molecular flexibility index (Phi) is 5.26. The number of allylic oxidation sites excluding steroid dienone is 1. The molecular formula is C20H26O8. The van der Waals surface area contributed by atoms with Gasteiger partial charge in [0.1, 0.15) is 12.2 Å². The van der Waals surface area contributed by atoms with Gasteiger partial charge in [-0.05, 0) is 26.8 Å². The van der Waals surface area contributed by atoms with Crippen LogP contribution in [0, 0.1) is 5.92 Å². The van der Waals surface area contributed by atoms with E-state index in [1.54, 1.807) is 26.8 Å². The van der Waals surface area contributed by atoms with E-state index in [0.29, 0.717) is 5.57 Å². The fourth-order valence-corrected chi connectivity index (χ4v) is 4.02. The Hall–Kier alpha value is -2.00. The number of esters is 2. The Morgan fingerprint density at radius 3 is 2.75 bits per heavy atom. The van der Waals surface area contributed by atoms with Gasteiger partial charge in [-0.3, -0.25) is 0 Å². The number of carbonyl (C=O) groups is 2. The van der Waals surface area contributed by atoms with Crippen molar-refractivity contribution in [2.45, 2.75) is 63.3 Å². The summed E-state index contributed by atoms with van der Waals surface area (Å²) in [7, 11) is 0. The lowest BCUT2D eigenvalue weighted by Gasteiger charge is -2.34. The molecule has 0 spiro atoms. The highest BCUT2D eigenvalue weighted by Crippen LogP contribution is 2.48. The average Bonchev–Trinajstić information content (AvgIpc) is 3.04. The summed E-state index contributed by atoms with van der Waals surface area (Å²) in [6, 6.07) is 0. The van der Waals surface area contributed by atoms with Crippen molar-refractivity contribution in [3.8, 4) is 0 Å². The van der Waals surface area contributed by atoms with Gasteiger partial charge in [0.2, 0.25) is 0 Å². The molecule has 8 heteroatoms. The van der Waals surface area contributed by atoms with E-state index < -0.39 is 54.2 Å². The van der Waals surface area contributed by atoms with E-state index >= 15 is 0 Å². The van der Waals surface area contributed by atoms with Crippen LogP contribution < -0.4 is 0 Å². The molecule has 6 atom stereocenters. The summed E-state index contributed by atoms with van der Waals surface area (Å²) < 4.78 is 16.8. The van der Waals surface area contributed by atoms with Crippen LogP contribution in [0.25, 0.3) is 0 Å². The van der Waals surface area contributed by atoms with Crippen molar-refractivity contribution >= 4 is 11.9 Å². The zero-order valence-electron chi connectivity index (χ0n) is 16.2. The third-order valence-corrected chi connectivity index (χ3v) is 5.90. The number of fused-ring (bicyclic) bond motifs is 3. The molecule has 3 aliphatic heterocycles. The van der Waals surface area contributed by atoms with Crippen LogP contribution in [0.4, 0.5) is 0 Å². The summed E-state index contributed by atoms with van der Waals surface area (Å²) in [6.45, 7) is 8.11. The smallest absolute Gasteiger partial charge is 0.334 e. The number of rotatable bonds is 3. The second-order valence-electron chi connectivity index (χ2n) is 7.81. The van der Waals surface area contributed by atoms with Crippen molar-refractivity contribution in [3.63, 3.8) is 0 Å². The van der Waals surface area contributed by atoms with Gasteiger partial charge in [0.05, 0.1) is 24.2 Å². The molecule has 0 amide bonds. The van der Waals surface area contributed by atoms with Gasteiger partial charge in [-0.2, -0.15) is 0 Å². The van der Waals surface area contributed by atoms with Crippen LogP contribution in [0.3, 0.4) is 0 Å². The summed E-state index contributed by atoms with van der Waals surface area (Å²) in [6.07, 6.45) is -0.0427. The maximum absolute atomic E-state index is 12.4. The van der Waals surface area contributed by atoms with E-state index in [4.69, 9.17) is 14.2 Å². The molecule has 0 aromatic rings. The summed E-state index contributed by atoms with van der Waals surface area (Å²) in [5.41, 5.74) is -0.700. The van der Waals surface area contributed by atoms with Crippen LogP contribution in [0.15, 0.2) is 35.5 Å². The number of aliphatic hydroxyl groups is 3. The molecular weight excluding hydrogens is 368 g/mol. The van der Waals surface area contributed by atoms with Crippen molar-refractivity contribution in [1.29, 1.82) is 0 Å². The van der Waals surface area contributed by atoms with E-state index in [9.17, 15) is 24.9 Å². The predicted molar refractivity (Wildman–Crippen MR) is 96.7 cm³/mol. The standard InChI is InChI=1S/C20H26O8/c1-5-10(2)17(23)27-14-7-19(4)15(22)8-20(25,28-19)12(9-21)6-13-16(14)11(3)18(24)26-13/h5-6,13-16,21-22,25H,3,7-9H2,1-2,4H3/b10-5-,12-6-/t13-,14-,15+,16+,19-,20-/m1/s1. The molecule has 2 bridgehead atoms. The van der Waals surface area contributed by atoms with Gasteiger partial charge in [-0.1, -0.05) is 12.7 Å². The normalized spacial score (nSPS) is 42.6. The Labute approximate surface area is 163 Å². The molecule has 0 aliphatic carbocycles. The van der Waals surface area contributed by atoms with Crippen LogP contribution in [-0.4, -0.2) is 63.6 Å². The van der Waals surface area contributed by atoms with Gasteiger partial charge in [0.25, 0.3) is 0 Å². The van der Waals surface area contributed by atoms with Crippen molar-refractivity contribution in [2.75, 3.05) is 6.61 Å². The molecule has 0 saturated carbocycles. The minimum Gasteiger partial charge on any atom is -0.458 e. The Balaban J connectivity index is 2.09. The van der Waals surface area contributed by atoms with Gasteiger partial charge in [-0.15, -0.1) is 0 Å². The van der Waals surface area contributed by atoms with Crippen molar-refractivity contribution in [3.05, 3.63) is 35.5 Å². The third kappa shape index (κ3) is 3.30. The quantitative estimate of drug-likeness (QED) is 0.360. The average molecular weight is 394 g/mol. The van der Waals surface area contributed by atoms with Gasteiger partial charge >= 0.3 is 11.9 Å². The van der Waals surface area contributed by atoms with E-state index in [2.05, 4.69) is 6.58 Å². The SMILES string of the molecule is C=C1C(=O)O[C@@H]2/C=C(/CO)[C@@]3(O)C[C@H](O)[C@@](C)(C[C@@H](OC(=O)/C(C)=C\C)[C@@H]12)O3. The maximum atomic E-state index is 12.4. The van der Waals surface area contributed by atoms with Crippen molar-refractivity contribution < 1.29 is 39.1 Å². The number of hydrogen-bond acceptors (Lipinski definition) is 8. The summed E-state index contributed by atoms with van der Waals surface area (Å²) in [5, 5.41) is 31.3. The number of hydrogen-bond donors (Lipinski definition) is 3. The molecule has 28 heavy (non-hydrogen) atoms. The van der Waals surface area contributed by atoms with Crippen molar-refractivity contribution in [2.24, 2.45) is 5.92 Å². The first-order valence-corrected chi connectivity index (χ1v) is 9.21. The number of aliphatic hydroxyl groups excluding tert-OH is 2. The van der Waals surface area contributed by atoms with Crippen LogP contribution in [0.2, 0.25) is 0 Å². The molecule has 8 nitrogen and oxygen atoms in total. The van der Waals surface area contributed by atoms with E-state index in [-0.39, 0.29) is 24.0 Å². The fraction of sp³-hybridized carbons (Fsp3) is 0.600. The summed E-state index contributed by atoms with van der Waals surface area (Å²) >= 11 is 0. The molecule has 2 fully saturated rings. The molecule has 3 heterocycles. The Morgan fingerprint density at radius 1 is 1.46 bits per heavy atom. The van der Waals surface area contributed by atoms with Gasteiger partial charge in [0, 0.05) is 29.6 Å². The third-order valence-electron chi connectivity index (χ3n) is 5.90. The van der Waals surface area contributed by atoms with Gasteiger partial charge in [-0.25, -0.2) is 9.59 Å². The van der Waals surface area contributed by atoms with E-state index in [1.165, 1.54) is 6.08 Å². The molecule has 3 rings (SSSR count). The topological polar surface area (TPSA) is 123 Å². The highest BCUT2D eigenvalue weighted by molar-refractivity contribution is 5.92. The number of ether oxygens (including phenoxy) is 3. The van der Waals surface area contributed by atoms with Crippen LogP contribution in [0.5, 0.6) is 0 Å². The largest absolute Gasteiger partial charge is 0.458 e. The lowest BCUT2D eigenvalue weighted by Crippen LogP contribution is -2.44. The second kappa shape index (κ2) is 7.11. The van der Waals surface area contributed by atoms with E-state index in [1.807, 2.05) is 0 Å². The van der Waals surface area contributed by atoms with E-state index in [0.717, 1.165) is 0 Å². The molecule has 0 radical (unpaired) electrons. The predicted octanol–water partition coefficient (Wildman–Crippen LogP) is 0.513. The first-order chi connectivity index (χ1) is 13.0. The highest BCUT2D eigenvalue weighted by atomic mass is 16.7. The van der Waals surface area contributed by atoms with Crippen LogP contribution >= 0.6 is 0 Å². The Morgan fingerprint density at radius 2 is 2.14 bits per heavy atom. The Bertz CT molecular complexity index is 768. The minimum atomic E-state index is -1.91. The summed E-state index contributed by atoms with van der Waals surface area (Å²) in [4.78, 5) is 24.6.